The average molecular weight is 511 g/mol. The van der Waals surface area contributed by atoms with Gasteiger partial charge in [-0.1, -0.05) is 44.9 Å². The maximum atomic E-state index is 11.8. The van der Waals surface area contributed by atoms with Gasteiger partial charge in [0, 0.05) is 33.1 Å². The van der Waals surface area contributed by atoms with E-state index < -0.39 is 7.60 Å². The molecule has 34 heavy (non-hydrogen) atoms. The van der Waals surface area contributed by atoms with E-state index in [4.69, 9.17) is 19.1 Å². The molecule has 1 atom stereocenters. The van der Waals surface area contributed by atoms with Crippen molar-refractivity contribution in [3.63, 3.8) is 0 Å². The van der Waals surface area contributed by atoms with E-state index in [2.05, 4.69) is 15.2 Å². The average Bonchev–Trinajstić information content (AvgIpc) is 2.76. The molecule has 0 saturated carbocycles. The molecule has 1 unspecified atom stereocenters. The Bertz CT molecular complexity index is 545. The molecular weight excluding hydrogens is 463 g/mol. The van der Waals surface area contributed by atoms with Crippen LogP contribution in [0.2, 0.25) is 0 Å². The molecule has 0 saturated heterocycles. The van der Waals surface area contributed by atoms with Gasteiger partial charge in [0.05, 0.1) is 46.2 Å². The number of nitrogens with one attached hydrogen (secondary N) is 2. The number of carbonyl (C=O) groups excluding carboxylic acids is 2. The highest BCUT2D eigenvalue weighted by atomic mass is 31.2. The Morgan fingerprint density at radius 1 is 0.676 bits per heavy atom. The molecule has 0 spiro atoms. The number of hydrogen-bond acceptors (Lipinski definition) is 7. The summed E-state index contributed by atoms with van der Waals surface area (Å²) < 4.78 is 31.5. The highest BCUT2D eigenvalue weighted by Crippen LogP contribution is 2.35. The lowest BCUT2D eigenvalue weighted by atomic mass is 10.1. The van der Waals surface area contributed by atoms with Gasteiger partial charge in [0.25, 0.3) is 0 Å². The maximum Gasteiger partial charge on any atom is 0.325 e. The van der Waals surface area contributed by atoms with E-state index in [1.54, 1.807) is 6.92 Å². The Labute approximate surface area is 205 Å². The lowest BCUT2D eigenvalue weighted by Gasteiger charge is -2.09. The SMILES string of the molecule is CC(=O)NCCCCCCCCCCCC(=O)NCCOCCOCCOCCOP(C)(=O)O. The molecule has 0 rings (SSSR count). The summed E-state index contributed by atoms with van der Waals surface area (Å²) in [6, 6.07) is 0. The van der Waals surface area contributed by atoms with E-state index in [0.29, 0.717) is 46.0 Å². The van der Waals surface area contributed by atoms with Crippen LogP contribution in [0.15, 0.2) is 0 Å². The Balaban J connectivity index is 3.20. The fourth-order valence-electron chi connectivity index (χ4n) is 3.07. The summed E-state index contributed by atoms with van der Waals surface area (Å²) in [4.78, 5) is 31.5. The molecule has 0 aromatic carbocycles. The summed E-state index contributed by atoms with van der Waals surface area (Å²) in [6.07, 6.45) is 10.9. The smallest absolute Gasteiger partial charge is 0.325 e. The normalized spacial score (nSPS) is 12.9. The zero-order valence-corrected chi connectivity index (χ0v) is 22.1. The van der Waals surface area contributed by atoms with E-state index >= 15 is 0 Å². The second-order valence-electron chi connectivity index (χ2n) is 8.24. The van der Waals surface area contributed by atoms with Gasteiger partial charge in [-0.05, 0) is 12.8 Å². The van der Waals surface area contributed by atoms with Gasteiger partial charge in [0.1, 0.15) is 0 Å². The molecule has 0 radical (unpaired) electrons. The largest absolute Gasteiger partial charge is 0.377 e. The van der Waals surface area contributed by atoms with Crippen LogP contribution in [0.1, 0.15) is 71.1 Å². The fraction of sp³-hybridized carbons (Fsp3) is 0.913. The summed E-state index contributed by atoms with van der Waals surface area (Å²) >= 11 is 0. The van der Waals surface area contributed by atoms with Crippen molar-refractivity contribution in [1.29, 1.82) is 0 Å². The zero-order valence-electron chi connectivity index (χ0n) is 21.2. The zero-order chi connectivity index (χ0) is 25.3. The highest BCUT2D eigenvalue weighted by molar-refractivity contribution is 7.51. The summed E-state index contributed by atoms with van der Waals surface area (Å²) in [5.74, 6) is 0.115. The predicted molar refractivity (Wildman–Crippen MR) is 132 cm³/mol. The van der Waals surface area contributed by atoms with Gasteiger partial charge in [-0.15, -0.1) is 0 Å². The van der Waals surface area contributed by atoms with E-state index in [1.807, 2.05) is 0 Å². The minimum Gasteiger partial charge on any atom is -0.377 e. The molecule has 11 heteroatoms. The molecule has 0 fully saturated rings. The van der Waals surface area contributed by atoms with Crippen LogP contribution in [0, 0.1) is 0 Å². The van der Waals surface area contributed by atoms with Crippen LogP contribution in [0.25, 0.3) is 0 Å². The van der Waals surface area contributed by atoms with Crippen molar-refractivity contribution in [3.8, 4) is 0 Å². The molecule has 0 aromatic heterocycles. The molecular formula is C23H47N2O8P. The van der Waals surface area contributed by atoms with E-state index in [-0.39, 0.29) is 25.0 Å². The van der Waals surface area contributed by atoms with Crippen molar-refractivity contribution >= 4 is 19.4 Å². The number of unbranched alkanes of at least 4 members (excludes halogenated alkanes) is 8. The first-order valence-electron chi connectivity index (χ1n) is 12.5. The van der Waals surface area contributed by atoms with E-state index in [1.165, 1.54) is 38.5 Å². The first-order chi connectivity index (χ1) is 16.3. The third-order valence-corrected chi connectivity index (χ3v) is 5.49. The lowest BCUT2D eigenvalue weighted by Crippen LogP contribution is -2.27. The summed E-state index contributed by atoms with van der Waals surface area (Å²) in [5.41, 5.74) is 0. The Kier molecular flexibility index (Phi) is 23.0. The Hall–Kier alpha value is -1.03. The quantitative estimate of drug-likeness (QED) is 0.126. The van der Waals surface area contributed by atoms with Gasteiger partial charge in [-0.3, -0.25) is 14.2 Å². The highest BCUT2D eigenvalue weighted by Gasteiger charge is 2.08. The second kappa shape index (κ2) is 23.7. The molecule has 0 aliphatic heterocycles. The van der Waals surface area contributed by atoms with Gasteiger partial charge in [-0.2, -0.15) is 0 Å². The van der Waals surface area contributed by atoms with Crippen LogP contribution in [0.3, 0.4) is 0 Å². The van der Waals surface area contributed by atoms with Crippen molar-refractivity contribution in [2.24, 2.45) is 0 Å². The van der Waals surface area contributed by atoms with Crippen LogP contribution in [0.5, 0.6) is 0 Å². The van der Waals surface area contributed by atoms with Crippen molar-refractivity contribution < 1.29 is 37.8 Å². The van der Waals surface area contributed by atoms with Crippen LogP contribution < -0.4 is 10.6 Å². The monoisotopic (exact) mass is 510 g/mol. The van der Waals surface area contributed by atoms with Crippen LogP contribution in [-0.4, -0.2) is 82.7 Å². The molecule has 0 aliphatic carbocycles. The number of ether oxygens (including phenoxy) is 3. The fourth-order valence-corrected chi connectivity index (χ4v) is 3.48. The van der Waals surface area contributed by atoms with E-state index in [9.17, 15) is 14.2 Å². The molecule has 202 valence electrons. The summed E-state index contributed by atoms with van der Waals surface area (Å²) in [6.45, 7) is 6.38. The third-order valence-electron chi connectivity index (χ3n) is 4.83. The van der Waals surface area contributed by atoms with Crippen molar-refractivity contribution in [3.05, 3.63) is 0 Å². The first-order valence-corrected chi connectivity index (χ1v) is 14.5. The molecule has 2 amide bonds. The second-order valence-corrected chi connectivity index (χ2v) is 10.1. The third kappa shape index (κ3) is 29.0. The van der Waals surface area contributed by atoms with Gasteiger partial charge in [0.15, 0.2) is 0 Å². The Morgan fingerprint density at radius 3 is 1.68 bits per heavy atom. The number of hydrogen-bond donors (Lipinski definition) is 3. The van der Waals surface area contributed by atoms with Crippen LogP contribution >= 0.6 is 7.60 Å². The molecule has 0 heterocycles. The van der Waals surface area contributed by atoms with Crippen molar-refractivity contribution in [2.45, 2.75) is 71.1 Å². The predicted octanol–water partition coefficient (Wildman–Crippen LogP) is 3.02. The minimum absolute atomic E-state index is 0.0447. The molecule has 0 aromatic rings. The lowest BCUT2D eigenvalue weighted by molar-refractivity contribution is -0.121. The molecule has 3 N–H and O–H groups in total. The van der Waals surface area contributed by atoms with Crippen molar-refractivity contribution in [2.75, 3.05) is 66.0 Å². The number of amides is 2. The van der Waals surface area contributed by atoms with Gasteiger partial charge in [-0.25, -0.2) is 0 Å². The van der Waals surface area contributed by atoms with Crippen LogP contribution in [0.4, 0.5) is 0 Å². The Morgan fingerprint density at radius 2 is 1.15 bits per heavy atom. The van der Waals surface area contributed by atoms with Crippen LogP contribution in [-0.2, 0) is 32.9 Å². The number of carbonyl (C=O) groups is 2. The topological polar surface area (TPSA) is 132 Å². The minimum atomic E-state index is -3.43. The molecule has 10 nitrogen and oxygen atoms in total. The maximum absolute atomic E-state index is 11.8. The summed E-state index contributed by atoms with van der Waals surface area (Å²) in [7, 11) is -3.43. The van der Waals surface area contributed by atoms with Crippen molar-refractivity contribution in [1.82, 2.24) is 10.6 Å². The van der Waals surface area contributed by atoms with Gasteiger partial charge in [0.2, 0.25) is 11.8 Å². The standard InChI is InChI=1S/C23H47N2O8P/c1-22(26)24-13-11-9-7-5-3-4-6-8-10-12-23(27)25-14-15-30-16-17-31-18-19-32-20-21-33-34(2,28)29/h3-21H2,1-2H3,(H,24,26)(H,25,27)(H,28,29). The van der Waals surface area contributed by atoms with Gasteiger partial charge < -0.3 is 34.3 Å². The molecule has 0 bridgehead atoms. The van der Waals surface area contributed by atoms with Gasteiger partial charge >= 0.3 is 7.60 Å². The first kappa shape index (κ1) is 33.0. The number of rotatable bonds is 25. The summed E-state index contributed by atoms with van der Waals surface area (Å²) in [5, 5.41) is 5.68. The van der Waals surface area contributed by atoms with E-state index in [0.717, 1.165) is 32.5 Å². The molecule has 0 aliphatic rings.